The van der Waals surface area contributed by atoms with Gasteiger partial charge in [-0.1, -0.05) is 13.0 Å². The van der Waals surface area contributed by atoms with Crippen molar-refractivity contribution in [2.24, 2.45) is 5.92 Å². The molecule has 1 aliphatic heterocycles. The molecule has 2 atom stereocenters. The largest absolute Gasteiger partial charge is 0.494 e. The molecule has 20 heavy (non-hydrogen) atoms. The minimum atomic E-state index is -0.288. The van der Waals surface area contributed by atoms with Crippen LogP contribution < -0.4 is 10.1 Å². The third-order valence-corrected chi connectivity index (χ3v) is 3.83. The van der Waals surface area contributed by atoms with Gasteiger partial charge in [0.2, 0.25) is 0 Å². The van der Waals surface area contributed by atoms with Gasteiger partial charge in [-0.2, -0.15) is 0 Å². The van der Waals surface area contributed by atoms with Crippen LogP contribution in [0.3, 0.4) is 0 Å². The number of ether oxygens (including phenoxy) is 2. The van der Waals surface area contributed by atoms with Crippen molar-refractivity contribution >= 4 is 0 Å². The van der Waals surface area contributed by atoms with Crippen LogP contribution in [0.4, 0.5) is 4.39 Å². The van der Waals surface area contributed by atoms with Crippen LogP contribution in [0.5, 0.6) is 5.75 Å². The van der Waals surface area contributed by atoms with Crippen LogP contribution in [-0.2, 0) is 11.2 Å². The molecule has 0 amide bonds. The van der Waals surface area contributed by atoms with E-state index in [2.05, 4.69) is 12.2 Å². The number of halogens is 1. The van der Waals surface area contributed by atoms with Crippen molar-refractivity contribution in [2.75, 3.05) is 26.9 Å². The van der Waals surface area contributed by atoms with Crippen LogP contribution in [0.2, 0.25) is 0 Å². The molecule has 112 valence electrons. The Bertz CT molecular complexity index is 419. The normalized spacial score (nSPS) is 20.1. The molecule has 4 heteroatoms. The zero-order valence-corrected chi connectivity index (χ0v) is 12.3. The second kappa shape index (κ2) is 7.60. The summed E-state index contributed by atoms with van der Waals surface area (Å²) >= 11 is 0. The molecule has 0 spiro atoms. The first-order valence-corrected chi connectivity index (χ1v) is 7.36. The summed E-state index contributed by atoms with van der Waals surface area (Å²) in [5, 5.41) is 3.50. The molecule has 2 unspecified atom stereocenters. The maximum atomic E-state index is 13.7. The SMILES string of the molecule is CCNC(Cc1ccc(OC)c(F)c1)CC1CCOC1. The standard InChI is InChI=1S/C16H24FNO2/c1-3-18-14(9-13-6-7-20-11-13)8-12-4-5-16(19-2)15(17)10-12/h4-5,10,13-14,18H,3,6-9,11H2,1-2H3. The highest BCUT2D eigenvalue weighted by Crippen LogP contribution is 2.22. The van der Waals surface area contributed by atoms with E-state index in [0.29, 0.717) is 17.7 Å². The molecular formula is C16H24FNO2. The molecule has 0 bridgehead atoms. The Morgan fingerprint density at radius 3 is 2.95 bits per heavy atom. The fourth-order valence-corrected chi connectivity index (χ4v) is 2.82. The first-order valence-electron chi connectivity index (χ1n) is 7.36. The second-order valence-electron chi connectivity index (χ2n) is 5.39. The van der Waals surface area contributed by atoms with Crippen molar-refractivity contribution in [1.29, 1.82) is 0 Å². The molecule has 0 radical (unpaired) electrons. The van der Waals surface area contributed by atoms with E-state index in [1.54, 1.807) is 12.1 Å². The van der Waals surface area contributed by atoms with Crippen molar-refractivity contribution in [2.45, 2.75) is 32.2 Å². The van der Waals surface area contributed by atoms with Crippen LogP contribution in [0.1, 0.15) is 25.3 Å². The number of hydrogen-bond donors (Lipinski definition) is 1. The fourth-order valence-electron chi connectivity index (χ4n) is 2.82. The summed E-state index contributed by atoms with van der Waals surface area (Å²) in [6.45, 7) is 4.77. The molecule has 1 fully saturated rings. The molecule has 2 rings (SSSR count). The van der Waals surface area contributed by atoms with E-state index in [1.165, 1.54) is 7.11 Å². The van der Waals surface area contributed by atoms with Gasteiger partial charge in [-0.15, -0.1) is 0 Å². The average molecular weight is 281 g/mol. The van der Waals surface area contributed by atoms with E-state index in [1.807, 2.05) is 6.07 Å². The Hall–Kier alpha value is -1.13. The Labute approximate surface area is 120 Å². The van der Waals surface area contributed by atoms with E-state index in [0.717, 1.165) is 44.6 Å². The third kappa shape index (κ3) is 4.18. The van der Waals surface area contributed by atoms with Gasteiger partial charge in [0.1, 0.15) is 0 Å². The zero-order valence-electron chi connectivity index (χ0n) is 12.3. The maximum absolute atomic E-state index is 13.7. The van der Waals surface area contributed by atoms with Crippen LogP contribution in [0.25, 0.3) is 0 Å². The van der Waals surface area contributed by atoms with Crippen molar-refractivity contribution in [3.63, 3.8) is 0 Å². The predicted molar refractivity (Wildman–Crippen MR) is 77.7 cm³/mol. The van der Waals surface area contributed by atoms with E-state index in [4.69, 9.17) is 9.47 Å². The first-order chi connectivity index (χ1) is 9.72. The molecule has 1 heterocycles. The lowest BCUT2D eigenvalue weighted by molar-refractivity contribution is 0.181. The molecule has 3 nitrogen and oxygen atoms in total. The van der Waals surface area contributed by atoms with Gasteiger partial charge < -0.3 is 14.8 Å². The topological polar surface area (TPSA) is 30.5 Å². The summed E-state index contributed by atoms with van der Waals surface area (Å²) < 4.78 is 24.1. The van der Waals surface area contributed by atoms with Crippen molar-refractivity contribution in [3.05, 3.63) is 29.6 Å². The highest BCUT2D eigenvalue weighted by Gasteiger charge is 2.20. The number of rotatable bonds is 7. The summed E-state index contributed by atoms with van der Waals surface area (Å²) in [6, 6.07) is 5.59. The van der Waals surface area contributed by atoms with E-state index in [-0.39, 0.29) is 5.82 Å². The van der Waals surface area contributed by atoms with Gasteiger partial charge in [-0.25, -0.2) is 4.39 Å². The van der Waals surface area contributed by atoms with Crippen LogP contribution in [0.15, 0.2) is 18.2 Å². The summed E-state index contributed by atoms with van der Waals surface area (Å²) in [4.78, 5) is 0. The third-order valence-electron chi connectivity index (χ3n) is 3.83. The van der Waals surface area contributed by atoms with Crippen molar-refractivity contribution < 1.29 is 13.9 Å². The molecule has 1 aromatic carbocycles. The Balaban J connectivity index is 1.97. The molecule has 0 aromatic heterocycles. The van der Waals surface area contributed by atoms with Gasteiger partial charge in [0.25, 0.3) is 0 Å². The smallest absolute Gasteiger partial charge is 0.165 e. The van der Waals surface area contributed by atoms with Crippen molar-refractivity contribution in [1.82, 2.24) is 5.32 Å². The molecule has 1 saturated heterocycles. The highest BCUT2D eigenvalue weighted by atomic mass is 19.1. The van der Waals surface area contributed by atoms with Crippen molar-refractivity contribution in [3.8, 4) is 5.75 Å². The number of methoxy groups -OCH3 is 1. The lowest BCUT2D eigenvalue weighted by atomic mass is 9.94. The lowest BCUT2D eigenvalue weighted by Gasteiger charge is -2.21. The summed E-state index contributed by atoms with van der Waals surface area (Å²) in [5.74, 6) is 0.643. The number of nitrogens with one attached hydrogen (secondary N) is 1. The average Bonchev–Trinajstić information content (AvgIpc) is 2.92. The maximum Gasteiger partial charge on any atom is 0.165 e. The van der Waals surface area contributed by atoms with Gasteiger partial charge >= 0.3 is 0 Å². The monoisotopic (exact) mass is 281 g/mol. The Morgan fingerprint density at radius 2 is 2.35 bits per heavy atom. The van der Waals surface area contributed by atoms with Gasteiger partial charge in [0, 0.05) is 19.3 Å². The van der Waals surface area contributed by atoms with Gasteiger partial charge in [-0.3, -0.25) is 0 Å². The minimum absolute atomic E-state index is 0.288. The highest BCUT2D eigenvalue weighted by molar-refractivity contribution is 5.29. The van der Waals surface area contributed by atoms with Crippen LogP contribution in [0, 0.1) is 11.7 Å². The Kier molecular flexibility index (Phi) is 5.80. The molecule has 0 aliphatic carbocycles. The Morgan fingerprint density at radius 1 is 1.50 bits per heavy atom. The molecule has 1 aromatic rings. The molecule has 1 aliphatic rings. The summed E-state index contributed by atoms with van der Waals surface area (Å²) in [7, 11) is 1.49. The molecule has 0 saturated carbocycles. The second-order valence-corrected chi connectivity index (χ2v) is 5.39. The minimum Gasteiger partial charge on any atom is -0.494 e. The molecule has 1 N–H and O–H groups in total. The van der Waals surface area contributed by atoms with Gasteiger partial charge in [0.15, 0.2) is 11.6 Å². The molecular weight excluding hydrogens is 257 g/mol. The van der Waals surface area contributed by atoms with E-state index < -0.39 is 0 Å². The fraction of sp³-hybridized carbons (Fsp3) is 0.625. The first kappa shape index (κ1) is 15.3. The van der Waals surface area contributed by atoms with Crippen LogP contribution >= 0.6 is 0 Å². The summed E-state index contributed by atoms with van der Waals surface area (Å²) in [6.07, 6.45) is 3.06. The quantitative estimate of drug-likeness (QED) is 0.833. The lowest BCUT2D eigenvalue weighted by Crippen LogP contribution is -2.33. The number of likely N-dealkylation sites (N-methyl/N-ethyl adjacent to an activating group) is 1. The van der Waals surface area contributed by atoms with Gasteiger partial charge in [0.05, 0.1) is 7.11 Å². The predicted octanol–water partition coefficient (Wildman–Crippen LogP) is 2.78. The number of hydrogen-bond acceptors (Lipinski definition) is 3. The van der Waals surface area contributed by atoms with E-state index >= 15 is 0 Å². The van der Waals surface area contributed by atoms with Gasteiger partial charge in [-0.05, 0) is 49.4 Å². The van der Waals surface area contributed by atoms with E-state index in [9.17, 15) is 4.39 Å². The number of benzene rings is 1. The summed E-state index contributed by atoms with van der Waals surface area (Å²) in [5.41, 5.74) is 1.01. The van der Waals surface area contributed by atoms with Crippen LogP contribution in [-0.4, -0.2) is 32.9 Å². The zero-order chi connectivity index (χ0) is 14.4.